The van der Waals surface area contributed by atoms with E-state index in [1.54, 1.807) is 30.0 Å². The number of aromatic amines is 1. The van der Waals surface area contributed by atoms with Gasteiger partial charge in [0.15, 0.2) is 5.65 Å². The molecule has 0 bridgehead atoms. The fourth-order valence-electron chi connectivity index (χ4n) is 2.66. The fraction of sp³-hybridized carbons (Fsp3) is 0.0625. The molecule has 0 saturated carbocycles. The second-order valence-electron chi connectivity index (χ2n) is 5.01. The number of ether oxygens (including phenoxy) is 1. The molecule has 7 heteroatoms. The number of carboxylic acids is 1. The topological polar surface area (TPSA) is 92.5 Å². The van der Waals surface area contributed by atoms with Crippen LogP contribution < -0.4 is 4.74 Å². The monoisotopic (exact) mass is 308 g/mol. The molecule has 3 aromatic heterocycles. The van der Waals surface area contributed by atoms with Crippen LogP contribution in [0.2, 0.25) is 0 Å². The molecular formula is C16H12N4O3. The van der Waals surface area contributed by atoms with Gasteiger partial charge in [-0.3, -0.25) is 4.40 Å². The zero-order valence-electron chi connectivity index (χ0n) is 12.1. The molecule has 0 radical (unpaired) electrons. The second-order valence-corrected chi connectivity index (χ2v) is 5.01. The third-order valence-corrected chi connectivity index (χ3v) is 3.73. The number of benzene rings is 1. The van der Waals surface area contributed by atoms with Crippen molar-refractivity contribution in [3.63, 3.8) is 0 Å². The zero-order chi connectivity index (χ0) is 16.0. The van der Waals surface area contributed by atoms with E-state index in [4.69, 9.17) is 4.74 Å². The van der Waals surface area contributed by atoms with Crippen molar-refractivity contribution in [1.29, 1.82) is 0 Å². The van der Waals surface area contributed by atoms with Crippen LogP contribution in [0.3, 0.4) is 0 Å². The van der Waals surface area contributed by atoms with Crippen molar-refractivity contribution in [2.24, 2.45) is 0 Å². The first kappa shape index (κ1) is 13.3. The molecule has 0 aliphatic heterocycles. The molecule has 4 aromatic rings. The number of H-pyrrole nitrogens is 1. The van der Waals surface area contributed by atoms with E-state index in [0.29, 0.717) is 22.4 Å². The Bertz CT molecular complexity index is 1030. The van der Waals surface area contributed by atoms with Gasteiger partial charge in [-0.1, -0.05) is 0 Å². The second kappa shape index (κ2) is 4.84. The minimum atomic E-state index is -1.09. The molecular weight excluding hydrogens is 296 g/mol. The lowest BCUT2D eigenvalue weighted by atomic mass is 10.1. The largest absolute Gasteiger partial charge is 0.497 e. The van der Waals surface area contributed by atoms with Gasteiger partial charge in [-0.25, -0.2) is 14.8 Å². The van der Waals surface area contributed by atoms with Crippen molar-refractivity contribution in [2.75, 3.05) is 7.11 Å². The van der Waals surface area contributed by atoms with Gasteiger partial charge in [-0.05, 0) is 30.3 Å². The molecule has 7 nitrogen and oxygen atoms in total. The van der Waals surface area contributed by atoms with Crippen molar-refractivity contribution in [3.05, 3.63) is 48.5 Å². The van der Waals surface area contributed by atoms with E-state index in [1.807, 2.05) is 24.3 Å². The summed E-state index contributed by atoms with van der Waals surface area (Å²) in [7, 11) is 1.59. The zero-order valence-corrected chi connectivity index (χ0v) is 12.1. The van der Waals surface area contributed by atoms with E-state index in [9.17, 15) is 9.90 Å². The summed E-state index contributed by atoms with van der Waals surface area (Å²) >= 11 is 0. The van der Waals surface area contributed by atoms with Gasteiger partial charge in [-0.2, -0.15) is 0 Å². The third-order valence-electron chi connectivity index (χ3n) is 3.73. The van der Waals surface area contributed by atoms with Crippen LogP contribution in [-0.4, -0.2) is 37.5 Å². The molecule has 0 spiro atoms. The number of nitrogens with zero attached hydrogens (tertiary/aromatic N) is 3. The molecule has 4 rings (SSSR count). The predicted octanol–water partition coefficient (Wildman–Crippen LogP) is 2.58. The Balaban J connectivity index is 2.05. The van der Waals surface area contributed by atoms with Crippen LogP contribution in [0.15, 0.2) is 42.7 Å². The van der Waals surface area contributed by atoms with Crippen molar-refractivity contribution in [2.45, 2.75) is 0 Å². The maximum atomic E-state index is 11.6. The number of rotatable bonds is 3. The summed E-state index contributed by atoms with van der Waals surface area (Å²) in [5.41, 5.74) is 3.29. The predicted molar refractivity (Wildman–Crippen MR) is 83.8 cm³/mol. The Morgan fingerprint density at radius 3 is 2.70 bits per heavy atom. The van der Waals surface area contributed by atoms with Gasteiger partial charge in [0, 0.05) is 11.8 Å². The minimum Gasteiger partial charge on any atom is -0.497 e. The first-order valence-electron chi connectivity index (χ1n) is 6.91. The highest BCUT2D eigenvalue weighted by Gasteiger charge is 2.20. The van der Waals surface area contributed by atoms with Crippen molar-refractivity contribution >= 4 is 22.6 Å². The van der Waals surface area contributed by atoms with Gasteiger partial charge in [0.2, 0.25) is 5.82 Å². The standard InChI is InChI=1S/C16H12N4O3/c1-23-10-4-2-9(3-5-10)13-12-8-18-14-11(6-7-17-14)20(12)15(19-13)16(21)22/h2-8,17H,1H3,(H,21,22). The van der Waals surface area contributed by atoms with Gasteiger partial charge < -0.3 is 14.8 Å². The van der Waals surface area contributed by atoms with Crippen LogP contribution in [0.5, 0.6) is 5.75 Å². The normalized spacial score (nSPS) is 11.2. The molecule has 23 heavy (non-hydrogen) atoms. The highest BCUT2D eigenvalue weighted by atomic mass is 16.5. The molecule has 0 atom stereocenters. The van der Waals surface area contributed by atoms with Crippen molar-refractivity contribution in [3.8, 4) is 17.0 Å². The lowest BCUT2D eigenvalue weighted by molar-refractivity contribution is 0.0683. The third kappa shape index (κ3) is 1.94. The first-order chi connectivity index (χ1) is 11.2. The Hall–Kier alpha value is -3.35. The summed E-state index contributed by atoms with van der Waals surface area (Å²) in [6.45, 7) is 0. The summed E-state index contributed by atoms with van der Waals surface area (Å²) in [6.07, 6.45) is 3.34. The highest BCUT2D eigenvalue weighted by molar-refractivity contribution is 5.93. The van der Waals surface area contributed by atoms with E-state index < -0.39 is 5.97 Å². The number of imidazole rings is 1. The van der Waals surface area contributed by atoms with E-state index in [2.05, 4.69) is 15.0 Å². The van der Waals surface area contributed by atoms with Gasteiger partial charge in [0.1, 0.15) is 5.75 Å². The van der Waals surface area contributed by atoms with Crippen LogP contribution in [-0.2, 0) is 0 Å². The maximum Gasteiger partial charge on any atom is 0.372 e. The Kier molecular flexibility index (Phi) is 2.80. The molecule has 0 unspecified atom stereocenters. The van der Waals surface area contributed by atoms with E-state index in [1.165, 1.54) is 0 Å². The van der Waals surface area contributed by atoms with Crippen LogP contribution in [0.1, 0.15) is 10.6 Å². The number of hydrogen-bond acceptors (Lipinski definition) is 4. The van der Waals surface area contributed by atoms with Crippen LogP contribution in [0.25, 0.3) is 27.9 Å². The highest BCUT2D eigenvalue weighted by Crippen LogP contribution is 2.28. The summed E-state index contributed by atoms with van der Waals surface area (Å²) in [5, 5.41) is 9.49. The Morgan fingerprint density at radius 1 is 1.22 bits per heavy atom. The van der Waals surface area contributed by atoms with Crippen LogP contribution >= 0.6 is 0 Å². The number of hydrogen-bond donors (Lipinski definition) is 2. The van der Waals surface area contributed by atoms with E-state index in [0.717, 1.165) is 11.3 Å². The molecule has 3 heterocycles. The number of aromatic nitrogens is 4. The summed E-state index contributed by atoms with van der Waals surface area (Å²) < 4.78 is 6.74. The smallest absolute Gasteiger partial charge is 0.372 e. The molecule has 0 aliphatic rings. The summed E-state index contributed by atoms with van der Waals surface area (Å²) in [5.74, 6) is -0.409. The van der Waals surface area contributed by atoms with Crippen LogP contribution in [0, 0.1) is 0 Å². The Morgan fingerprint density at radius 2 is 2.00 bits per heavy atom. The SMILES string of the molecule is COc1ccc(-c2nc(C(=O)O)n3c2cnc2[nH]ccc23)cc1. The van der Waals surface area contributed by atoms with Crippen molar-refractivity contribution in [1.82, 2.24) is 19.4 Å². The van der Waals surface area contributed by atoms with Gasteiger partial charge >= 0.3 is 5.97 Å². The van der Waals surface area contributed by atoms with E-state index in [-0.39, 0.29) is 5.82 Å². The molecule has 0 fully saturated rings. The number of carbonyl (C=O) groups is 1. The summed E-state index contributed by atoms with van der Waals surface area (Å²) in [4.78, 5) is 23.2. The van der Waals surface area contributed by atoms with E-state index >= 15 is 0 Å². The number of methoxy groups -OCH3 is 1. The number of fused-ring (bicyclic) bond motifs is 3. The lowest BCUT2D eigenvalue weighted by Crippen LogP contribution is -2.04. The average molecular weight is 308 g/mol. The number of carboxylic acid groups (broad SMARTS) is 1. The molecule has 1 aromatic carbocycles. The van der Waals surface area contributed by atoms with Gasteiger partial charge in [0.25, 0.3) is 0 Å². The van der Waals surface area contributed by atoms with Gasteiger partial charge in [-0.15, -0.1) is 0 Å². The number of nitrogens with one attached hydrogen (secondary N) is 1. The molecule has 114 valence electrons. The average Bonchev–Trinajstić information content (AvgIpc) is 3.18. The summed E-state index contributed by atoms with van der Waals surface area (Å²) in [6, 6.07) is 9.08. The Labute approximate surface area is 130 Å². The lowest BCUT2D eigenvalue weighted by Gasteiger charge is -2.02. The van der Waals surface area contributed by atoms with Crippen molar-refractivity contribution < 1.29 is 14.6 Å². The fourth-order valence-corrected chi connectivity index (χ4v) is 2.66. The van der Waals surface area contributed by atoms with Gasteiger partial charge in [0.05, 0.1) is 30.0 Å². The first-order valence-corrected chi connectivity index (χ1v) is 6.91. The maximum absolute atomic E-state index is 11.6. The molecule has 0 aliphatic carbocycles. The molecule has 2 N–H and O–H groups in total. The number of aromatic carboxylic acids is 1. The van der Waals surface area contributed by atoms with Crippen LogP contribution in [0.4, 0.5) is 0 Å². The molecule has 0 saturated heterocycles. The minimum absolute atomic E-state index is 0.0437. The molecule has 0 amide bonds. The quantitative estimate of drug-likeness (QED) is 0.607.